The van der Waals surface area contributed by atoms with Crippen molar-refractivity contribution in [3.05, 3.63) is 12.7 Å². The molecule has 0 radical (unpaired) electrons. The first-order valence-corrected chi connectivity index (χ1v) is 13.9. The van der Waals surface area contributed by atoms with E-state index in [1.165, 1.54) is 6.33 Å². The van der Waals surface area contributed by atoms with Crippen molar-refractivity contribution < 1.29 is 46.4 Å². The van der Waals surface area contributed by atoms with Gasteiger partial charge in [-0.15, -0.1) is 0 Å². The quantitative estimate of drug-likeness (QED) is 0.299. The molecule has 15 nitrogen and oxygen atoms in total. The van der Waals surface area contributed by atoms with Crippen LogP contribution in [0.3, 0.4) is 0 Å². The molecule has 0 bridgehead atoms. The molecule has 180 valence electrons. The number of aromatic nitrogens is 4. The third-order valence-electron chi connectivity index (χ3n) is 5.53. The lowest BCUT2D eigenvalue weighted by Gasteiger charge is -2.23. The van der Waals surface area contributed by atoms with Gasteiger partial charge in [-0.2, -0.15) is 8.62 Å². The number of nitrogens with zero attached hydrogens (tertiary/aromatic N) is 4. The number of hydrogen-bond donors (Lipinski definition) is 5. The van der Waals surface area contributed by atoms with Crippen LogP contribution in [0.2, 0.25) is 0 Å². The fraction of sp³-hybridized carbons (Fsp3) is 0.643. The van der Waals surface area contributed by atoms with Crippen molar-refractivity contribution in [3.63, 3.8) is 0 Å². The van der Waals surface area contributed by atoms with Gasteiger partial charge >= 0.3 is 23.5 Å². The van der Waals surface area contributed by atoms with Crippen LogP contribution in [0.5, 0.6) is 0 Å². The molecule has 2 aromatic heterocycles. The number of nitrogen functional groups attached to an aromatic ring is 1. The Labute approximate surface area is 182 Å². The molecule has 1 aliphatic rings. The second-order valence-electron chi connectivity index (χ2n) is 7.71. The maximum Gasteiger partial charge on any atom is 0.490 e. The molecule has 2 aromatic rings. The van der Waals surface area contributed by atoms with Crippen molar-refractivity contribution in [1.82, 2.24) is 19.5 Å². The van der Waals surface area contributed by atoms with Gasteiger partial charge in [0.2, 0.25) is 0 Å². The van der Waals surface area contributed by atoms with E-state index in [0.29, 0.717) is 24.1 Å². The highest BCUT2D eigenvalue weighted by Gasteiger charge is 2.43. The molecule has 1 aliphatic carbocycles. The van der Waals surface area contributed by atoms with E-state index in [2.05, 4.69) is 23.6 Å². The largest absolute Gasteiger partial charge is 0.490 e. The molecule has 6 atom stereocenters. The van der Waals surface area contributed by atoms with Crippen LogP contribution >= 0.6 is 23.5 Å². The molecule has 0 saturated heterocycles. The fourth-order valence-corrected chi connectivity index (χ4v) is 7.13. The maximum atomic E-state index is 12.0. The van der Waals surface area contributed by atoms with Gasteiger partial charge in [-0.05, 0) is 30.1 Å². The van der Waals surface area contributed by atoms with Crippen molar-refractivity contribution >= 4 is 40.4 Å². The number of fused-ring (bicyclic) bond motifs is 1. The summed E-state index contributed by atoms with van der Waals surface area (Å²) in [6.07, 6.45) is 3.60. The predicted molar refractivity (Wildman–Crippen MR) is 109 cm³/mol. The van der Waals surface area contributed by atoms with Crippen molar-refractivity contribution in [2.45, 2.75) is 26.8 Å². The summed E-state index contributed by atoms with van der Waals surface area (Å²) in [6, 6.07) is 0. The Morgan fingerprint density at radius 2 is 1.78 bits per heavy atom. The number of imidazole rings is 1. The zero-order valence-electron chi connectivity index (χ0n) is 17.0. The van der Waals surface area contributed by atoms with Crippen LogP contribution in [0.15, 0.2) is 12.7 Å². The topological polar surface area (TPSA) is 229 Å². The number of hydrogen-bond acceptors (Lipinski definition) is 10. The summed E-state index contributed by atoms with van der Waals surface area (Å²) in [5.41, 5.74) is 6.90. The normalized spacial score (nSPS) is 27.9. The number of phosphoric ester groups is 1. The molecule has 1 fully saturated rings. The van der Waals surface area contributed by atoms with Gasteiger partial charge in [0.1, 0.15) is 11.8 Å². The van der Waals surface area contributed by atoms with E-state index in [1.54, 1.807) is 6.33 Å². The van der Waals surface area contributed by atoms with E-state index >= 15 is 0 Å². The number of rotatable bonds is 9. The summed E-state index contributed by atoms with van der Waals surface area (Å²) < 4.78 is 48.3. The van der Waals surface area contributed by atoms with Gasteiger partial charge in [-0.1, -0.05) is 13.8 Å². The Bertz CT molecular complexity index is 1120. The smallest absolute Gasteiger partial charge is 0.382 e. The van der Waals surface area contributed by atoms with E-state index in [1.807, 2.05) is 18.4 Å². The molecular formula is C14H24N5O10P3. The van der Waals surface area contributed by atoms with Gasteiger partial charge in [0.25, 0.3) is 0 Å². The van der Waals surface area contributed by atoms with E-state index in [4.69, 9.17) is 20.0 Å². The van der Waals surface area contributed by atoms with Crippen molar-refractivity contribution in [1.29, 1.82) is 0 Å². The monoisotopic (exact) mass is 515 g/mol. The molecule has 18 heteroatoms. The number of nitrogens with two attached hydrogens (primary N) is 1. The van der Waals surface area contributed by atoms with Crippen LogP contribution in [-0.4, -0.2) is 45.7 Å². The molecule has 32 heavy (non-hydrogen) atoms. The van der Waals surface area contributed by atoms with Gasteiger partial charge in [-0.3, -0.25) is 4.52 Å². The first kappa shape index (κ1) is 25.4. The molecule has 3 rings (SSSR count). The second-order valence-corrected chi connectivity index (χ2v) is 12.1. The molecule has 1 saturated carbocycles. The minimum atomic E-state index is -5.54. The highest BCUT2D eigenvalue weighted by atomic mass is 31.3. The van der Waals surface area contributed by atoms with E-state index in [0.717, 1.165) is 0 Å². The van der Waals surface area contributed by atoms with Crippen molar-refractivity contribution in [2.24, 2.45) is 23.7 Å². The van der Waals surface area contributed by atoms with Gasteiger partial charge in [0, 0.05) is 6.54 Å². The molecule has 6 N–H and O–H groups in total. The van der Waals surface area contributed by atoms with E-state index in [9.17, 15) is 23.5 Å². The lowest BCUT2D eigenvalue weighted by atomic mass is 9.89. The predicted octanol–water partition coefficient (Wildman–Crippen LogP) is 1.66. The minimum absolute atomic E-state index is 0.00826. The summed E-state index contributed by atoms with van der Waals surface area (Å²) in [5, 5.41) is 0. The third kappa shape index (κ3) is 6.21. The molecule has 0 spiro atoms. The molecule has 2 unspecified atom stereocenters. The SMILES string of the molecule is C[C@@H]1[C@H](COP(=O)(O)OP(=O)(O)OP(=O)(O)O)C[C@H](C)[C@@H]1Cn1cnc2c(N)ncnc21. The summed E-state index contributed by atoms with van der Waals surface area (Å²) in [4.78, 5) is 48.5. The Hall–Kier alpha value is -1.24. The van der Waals surface area contributed by atoms with Gasteiger partial charge < -0.3 is 29.9 Å². The second kappa shape index (κ2) is 9.19. The van der Waals surface area contributed by atoms with Crippen LogP contribution in [-0.2, 0) is 33.4 Å². The standard InChI is InChI=1S/C14H24N5O10P3/c1-8-3-10(5-27-31(23,24)29-32(25,26)28-30(20,21)22)9(2)11(8)4-19-7-18-12-13(15)16-6-17-14(12)19/h6-11H,3-5H2,1-2H3,(H,23,24)(H,25,26)(H2,15,16,17)(H2,20,21,22)/t8-,9+,10-,11-/m0/s1. The zero-order chi connectivity index (χ0) is 23.9. The average molecular weight is 515 g/mol. The Morgan fingerprint density at radius 1 is 1.09 bits per heavy atom. The first-order chi connectivity index (χ1) is 14.7. The fourth-order valence-electron chi connectivity index (χ4n) is 4.05. The highest BCUT2D eigenvalue weighted by molar-refractivity contribution is 7.66. The van der Waals surface area contributed by atoms with E-state index in [-0.39, 0.29) is 36.1 Å². The van der Waals surface area contributed by atoms with Crippen molar-refractivity contribution in [2.75, 3.05) is 12.3 Å². The molecule has 2 heterocycles. The van der Waals surface area contributed by atoms with Crippen LogP contribution in [0.25, 0.3) is 11.2 Å². The van der Waals surface area contributed by atoms with Crippen LogP contribution < -0.4 is 5.73 Å². The lowest BCUT2D eigenvalue weighted by Crippen LogP contribution is -2.21. The van der Waals surface area contributed by atoms with Crippen molar-refractivity contribution in [3.8, 4) is 0 Å². The summed E-state index contributed by atoms with van der Waals surface area (Å²) in [5.74, 6) is 0.396. The Morgan fingerprint density at radius 3 is 2.44 bits per heavy atom. The number of phosphoric acid groups is 3. The molecule has 0 aliphatic heterocycles. The van der Waals surface area contributed by atoms with E-state index < -0.39 is 23.5 Å². The maximum absolute atomic E-state index is 12.0. The van der Waals surface area contributed by atoms with Crippen LogP contribution in [0.1, 0.15) is 20.3 Å². The van der Waals surface area contributed by atoms with Gasteiger partial charge in [0.15, 0.2) is 11.5 Å². The summed E-state index contributed by atoms with van der Waals surface area (Å²) >= 11 is 0. The lowest BCUT2D eigenvalue weighted by molar-refractivity contribution is 0.138. The summed E-state index contributed by atoms with van der Waals surface area (Å²) in [7, 11) is -16.1. The van der Waals surface area contributed by atoms with Gasteiger partial charge in [-0.25, -0.2) is 28.6 Å². The molecule has 0 aromatic carbocycles. The average Bonchev–Trinajstić information content (AvgIpc) is 3.14. The van der Waals surface area contributed by atoms with Gasteiger partial charge in [0.05, 0.1) is 12.9 Å². The Kier molecular flexibility index (Phi) is 7.29. The minimum Gasteiger partial charge on any atom is -0.382 e. The molecule has 0 amide bonds. The third-order valence-corrected chi connectivity index (χ3v) is 9.33. The van der Waals surface area contributed by atoms with Crippen LogP contribution in [0.4, 0.5) is 5.82 Å². The molecular weight excluding hydrogens is 491 g/mol. The zero-order valence-corrected chi connectivity index (χ0v) is 19.7. The first-order valence-electron chi connectivity index (χ1n) is 9.37. The van der Waals surface area contributed by atoms with Crippen LogP contribution in [0, 0.1) is 23.7 Å². The Balaban J connectivity index is 1.63. The highest BCUT2D eigenvalue weighted by Crippen LogP contribution is 2.66. The summed E-state index contributed by atoms with van der Waals surface area (Å²) in [6.45, 7) is 4.24. The number of anilines is 1.